The van der Waals surface area contributed by atoms with E-state index in [0.717, 1.165) is 6.42 Å². The lowest BCUT2D eigenvalue weighted by molar-refractivity contribution is 0.148. The lowest BCUT2D eigenvalue weighted by Crippen LogP contribution is -2.33. The Morgan fingerprint density at radius 3 is 2.53 bits per heavy atom. The number of hydrogen-bond acceptors (Lipinski definition) is 0. The molecule has 0 fully saturated rings. The highest BCUT2D eigenvalue weighted by Crippen LogP contribution is 2.52. The Balaban J connectivity index is 3.00. The van der Waals surface area contributed by atoms with E-state index in [0.29, 0.717) is 10.8 Å². The van der Waals surface area contributed by atoms with E-state index < -0.39 is 0 Å². The molecular weight excluding hydrogens is 204 g/mol. The van der Waals surface area contributed by atoms with E-state index in [4.69, 9.17) is 0 Å². The average molecular weight is 234 g/mol. The van der Waals surface area contributed by atoms with E-state index in [1.807, 2.05) is 0 Å². The van der Waals surface area contributed by atoms with Crippen molar-refractivity contribution >= 4 is 0 Å². The smallest absolute Gasteiger partial charge is 0.00802 e. The van der Waals surface area contributed by atoms with E-state index >= 15 is 0 Å². The Morgan fingerprint density at radius 2 is 2.00 bits per heavy atom. The fourth-order valence-corrected chi connectivity index (χ4v) is 3.72. The Labute approximate surface area is 108 Å². The summed E-state index contributed by atoms with van der Waals surface area (Å²) in [6, 6.07) is 0. The van der Waals surface area contributed by atoms with Gasteiger partial charge < -0.3 is 0 Å². The van der Waals surface area contributed by atoms with Crippen LogP contribution in [0.1, 0.15) is 72.6 Å². The minimum Gasteiger partial charge on any atom is -0.103 e. The van der Waals surface area contributed by atoms with Crippen molar-refractivity contribution in [3.05, 3.63) is 24.3 Å². The maximum Gasteiger partial charge on any atom is -0.00802 e. The third-order valence-corrected chi connectivity index (χ3v) is 4.34. The number of allylic oxidation sites excluding steroid dienone is 3. The largest absolute Gasteiger partial charge is 0.103 e. The monoisotopic (exact) mass is 234 g/mol. The summed E-state index contributed by atoms with van der Waals surface area (Å²) >= 11 is 0. The molecular formula is C17H30. The summed E-state index contributed by atoms with van der Waals surface area (Å²) in [6.45, 7) is 13.4. The molecule has 0 amide bonds. The highest BCUT2D eigenvalue weighted by atomic mass is 14.4. The fraction of sp³-hybridized carbons (Fsp3) is 0.765. The summed E-state index contributed by atoms with van der Waals surface area (Å²) in [5.74, 6) is 0. The van der Waals surface area contributed by atoms with Crippen molar-refractivity contribution in [3.8, 4) is 0 Å². The molecule has 98 valence electrons. The van der Waals surface area contributed by atoms with Crippen LogP contribution >= 0.6 is 0 Å². The van der Waals surface area contributed by atoms with Gasteiger partial charge in [-0.25, -0.2) is 0 Å². The number of rotatable bonds is 6. The molecule has 1 atom stereocenters. The van der Waals surface area contributed by atoms with Gasteiger partial charge in [-0.05, 0) is 49.4 Å². The standard InChI is InChI=1S/C17H30/c1-6-9-12-17(11-7-2)14-16(4,5)13-10-15(17)8-3/h6,10H,1,7-9,11-14H2,2-5H3. The molecule has 0 spiro atoms. The molecule has 0 aromatic rings. The van der Waals surface area contributed by atoms with Gasteiger partial charge in [0.25, 0.3) is 0 Å². The van der Waals surface area contributed by atoms with Crippen LogP contribution in [-0.2, 0) is 0 Å². The van der Waals surface area contributed by atoms with Gasteiger partial charge in [0.05, 0.1) is 0 Å². The van der Waals surface area contributed by atoms with Crippen molar-refractivity contribution in [1.29, 1.82) is 0 Å². The van der Waals surface area contributed by atoms with Crippen LogP contribution in [0.4, 0.5) is 0 Å². The van der Waals surface area contributed by atoms with Crippen LogP contribution in [0.15, 0.2) is 24.3 Å². The van der Waals surface area contributed by atoms with Gasteiger partial charge in [-0.1, -0.05) is 51.8 Å². The Bertz CT molecular complexity index is 282. The van der Waals surface area contributed by atoms with Gasteiger partial charge in [-0.3, -0.25) is 0 Å². The Morgan fingerprint density at radius 1 is 1.29 bits per heavy atom. The molecule has 0 heteroatoms. The predicted octanol–water partition coefficient (Wildman–Crippen LogP) is 5.90. The van der Waals surface area contributed by atoms with E-state index in [-0.39, 0.29) is 0 Å². The highest BCUT2D eigenvalue weighted by molar-refractivity contribution is 5.20. The average Bonchev–Trinajstić information content (AvgIpc) is 2.26. The molecule has 0 heterocycles. The molecule has 0 aromatic carbocycles. The second-order valence-corrected chi connectivity index (χ2v) is 6.49. The minimum absolute atomic E-state index is 0.472. The van der Waals surface area contributed by atoms with E-state index in [9.17, 15) is 0 Å². The molecule has 0 saturated carbocycles. The van der Waals surface area contributed by atoms with Gasteiger partial charge in [0.1, 0.15) is 0 Å². The Kier molecular flexibility index (Phi) is 5.04. The maximum atomic E-state index is 3.90. The van der Waals surface area contributed by atoms with Crippen molar-refractivity contribution in [1.82, 2.24) is 0 Å². The summed E-state index contributed by atoms with van der Waals surface area (Å²) in [4.78, 5) is 0. The van der Waals surface area contributed by atoms with Crippen LogP contribution in [0.2, 0.25) is 0 Å². The molecule has 1 aliphatic carbocycles. The van der Waals surface area contributed by atoms with Crippen molar-refractivity contribution in [2.45, 2.75) is 72.6 Å². The summed E-state index contributed by atoms with van der Waals surface area (Å²) in [7, 11) is 0. The molecule has 0 nitrogen and oxygen atoms in total. The van der Waals surface area contributed by atoms with Gasteiger partial charge in [0, 0.05) is 0 Å². The van der Waals surface area contributed by atoms with E-state index in [1.54, 1.807) is 5.57 Å². The molecule has 0 aliphatic heterocycles. The minimum atomic E-state index is 0.472. The molecule has 1 rings (SSSR count). The zero-order valence-corrected chi connectivity index (χ0v) is 12.3. The van der Waals surface area contributed by atoms with Gasteiger partial charge in [-0.2, -0.15) is 0 Å². The first-order valence-corrected chi connectivity index (χ1v) is 7.30. The van der Waals surface area contributed by atoms with Gasteiger partial charge in [0.2, 0.25) is 0 Å². The third-order valence-electron chi connectivity index (χ3n) is 4.34. The van der Waals surface area contributed by atoms with Crippen LogP contribution < -0.4 is 0 Å². The zero-order chi connectivity index (χ0) is 12.9. The first-order chi connectivity index (χ1) is 7.99. The van der Waals surface area contributed by atoms with Crippen LogP contribution in [0.25, 0.3) is 0 Å². The normalized spacial score (nSPS) is 27.6. The summed E-state index contributed by atoms with van der Waals surface area (Å²) in [5, 5.41) is 0. The molecule has 0 radical (unpaired) electrons. The van der Waals surface area contributed by atoms with E-state index in [1.165, 1.54) is 38.5 Å². The van der Waals surface area contributed by atoms with Crippen LogP contribution in [0, 0.1) is 10.8 Å². The molecule has 17 heavy (non-hydrogen) atoms. The quantitative estimate of drug-likeness (QED) is 0.502. The van der Waals surface area contributed by atoms with Gasteiger partial charge >= 0.3 is 0 Å². The first-order valence-electron chi connectivity index (χ1n) is 7.30. The maximum absolute atomic E-state index is 3.90. The lowest BCUT2D eigenvalue weighted by Gasteiger charge is -2.46. The lowest BCUT2D eigenvalue weighted by atomic mass is 9.59. The summed E-state index contributed by atoms with van der Waals surface area (Å²) in [5.41, 5.74) is 2.68. The topological polar surface area (TPSA) is 0 Å². The van der Waals surface area contributed by atoms with Crippen molar-refractivity contribution in [2.24, 2.45) is 10.8 Å². The zero-order valence-electron chi connectivity index (χ0n) is 12.3. The summed E-state index contributed by atoms with van der Waals surface area (Å²) < 4.78 is 0. The molecule has 0 saturated heterocycles. The molecule has 0 N–H and O–H groups in total. The Hall–Kier alpha value is -0.520. The van der Waals surface area contributed by atoms with Crippen LogP contribution in [-0.4, -0.2) is 0 Å². The second kappa shape index (κ2) is 5.89. The molecule has 1 unspecified atom stereocenters. The van der Waals surface area contributed by atoms with Crippen LogP contribution in [0.3, 0.4) is 0 Å². The highest BCUT2D eigenvalue weighted by Gasteiger charge is 2.39. The van der Waals surface area contributed by atoms with Crippen molar-refractivity contribution in [3.63, 3.8) is 0 Å². The molecule has 0 aromatic heterocycles. The molecule has 0 bridgehead atoms. The summed E-state index contributed by atoms with van der Waals surface area (Å²) in [6.07, 6.45) is 13.6. The van der Waals surface area contributed by atoms with Gasteiger partial charge in [-0.15, -0.1) is 6.58 Å². The molecule has 1 aliphatic rings. The predicted molar refractivity (Wildman–Crippen MR) is 78.2 cm³/mol. The SMILES string of the molecule is C=CCCC1(CCC)CC(C)(C)CC=C1CC. The third kappa shape index (κ3) is 3.47. The fourth-order valence-electron chi connectivity index (χ4n) is 3.72. The second-order valence-electron chi connectivity index (χ2n) is 6.49. The van der Waals surface area contributed by atoms with Gasteiger partial charge in [0.15, 0.2) is 0 Å². The number of hydrogen-bond donors (Lipinski definition) is 0. The van der Waals surface area contributed by atoms with Crippen LogP contribution in [0.5, 0.6) is 0 Å². The first kappa shape index (κ1) is 14.5. The van der Waals surface area contributed by atoms with Crippen molar-refractivity contribution < 1.29 is 0 Å². The van der Waals surface area contributed by atoms with Crippen molar-refractivity contribution in [2.75, 3.05) is 0 Å². The van der Waals surface area contributed by atoms with E-state index in [2.05, 4.69) is 46.4 Å².